The van der Waals surface area contributed by atoms with Crippen molar-refractivity contribution in [3.05, 3.63) is 0 Å². The molecule has 1 saturated heterocycles. The SMILES string of the molecule is C#CCC1(CO)CCC2(CC1)OCCO2. The van der Waals surface area contributed by atoms with Gasteiger partial charge in [-0.1, -0.05) is 0 Å². The van der Waals surface area contributed by atoms with Crippen LogP contribution in [0.25, 0.3) is 0 Å². The van der Waals surface area contributed by atoms with E-state index in [1.807, 2.05) is 0 Å². The van der Waals surface area contributed by atoms with E-state index in [0.717, 1.165) is 25.7 Å². The molecular weight excluding hydrogens is 192 g/mol. The average molecular weight is 210 g/mol. The van der Waals surface area contributed by atoms with Crippen molar-refractivity contribution in [1.29, 1.82) is 0 Å². The van der Waals surface area contributed by atoms with Gasteiger partial charge in [-0.05, 0) is 12.8 Å². The fraction of sp³-hybridized carbons (Fsp3) is 0.833. The summed E-state index contributed by atoms with van der Waals surface area (Å²) in [6, 6.07) is 0. The van der Waals surface area contributed by atoms with E-state index < -0.39 is 0 Å². The largest absolute Gasteiger partial charge is 0.396 e. The number of hydrogen-bond donors (Lipinski definition) is 1. The van der Waals surface area contributed by atoms with Crippen LogP contribution in [0.2, 0.25) is 0 Å². The molecular formula is C12H18O3. The smallest absolute Gasteiger partial charge is 0.168 e. The number of hydrogen-bond acceptors (Lipinski definition) is 3. The normalized spacial score (nSPS) is 27.7. The molecule has 1 heterocycles. The predicted octanol–water partition coefficient (Wildman–Crippen LogP) is 1.31. The van der Waals surface area contributed by atoms with Gasteiger partial charge in [0.15, 0.2) is 5.79 Å². The molecule has 2 fully saturated rings. The lowest BCUT2D eigenvalue weighted by Gasteiger charge is -2.41. The van der Waals surface area contributed by atoms with Crippen molar-refractivity contribution in [2.75, 3.05) is 19.8 Å². The monoisotopic (exact) mass is 210 g/mol. The minimum Gasteiger partial charge on any atom is -0.396 e. The van der Waals surface area contributed by atoms with Crippen LogP contribution in [-0.2, 0) is 9.47 Å². The van der Waals surface area contributed by atoms with Crippen molar-refractivity contribution >= 4 is 0 Å². The lowest BCUT2D eigenvalue weighted by atomic mass is 9.70. The summed E-state index contributed by atoms with van der Waals surface area (Å²) in [5.74, 6) is 2.31. The van der Waals surface area contributed by atoms with Gasteiger partial charge < -0.3 is 14.6 Å². The minimum absolute atomic E-state index is 0.0880. The molecule has 0 unspecified atom stereocenters. The zero-order valence-corrected chi connectivity index (χ0v) is 9.00. The van der Waals surface area contributed by atoms with Gasteiger partial charge >= 0.3 is 0 Å². The molecule has 3 heteroatoms. The summed E-state index contributed by atoms with van der Waals surface area (Å²) in [4.78, 5) is 0. The first-order valence-electron chi connectivity index (χ1n) is 5.57. The van der Waals surface area contributed by atoms with Crippen LogP contribution >= 0.6 is 0 Å². The van der Waals surface area contributed by atoms with Crippen LogP contribution in [0.5, 0.6) is 0 Å². The van der Waals surface area contributed by atoms with E-state index >= 15 is 0 Å². The molecule has 2 aliphatic rings. The minimum atomic E-state index is -0.354. The molecule has 0 amide bonds. The summed E-state index contributed by atoms with van der Waals surface area (Å²) in [6.45, 7) is 1.57. The van der Waals surface area contributed by atoms with Gasteiger partial charge in [0.1, 0.15) is 0 Å². The third-order valence-corrected chi connectivity index (χ3v) is 3.70. The number of ether oxygens (including phenoxy) is 2. The summed E-state index contributed by atoms with van der Waals surface area (Å²) < 4.78 is 11.3. The summed E-state index contributed by atoms with van der Waals surface area (Å²) in [6.07, 6.45) is 9.50. The van der Waals surface area contributed by atoms with Gasteiger partial charge in [0, 0.05) is 31.3 Å². The third kappa shape index (κ3) is 2.03. The molecule has 1 aliphatic heterocycles. The van der Waals surface area contributed by atoms with Gasteiger partial charge in [0.2, 0.25) is 0 Å². The van der Waals surface area contributed by atoms with Gasteiger partial charge in [-0.25, -0.2) is 0 Å². The second-order valence-corrected chi connectivity index (χ2v) is 4.65. The summed E-state index contributed by atoms with van der Waals surface area (Å²) in [5, 5.41) is 9.43. The standard InChI is InChI=1S/C12H18O3/c1-2-3-11(10-13)4-6-12(7-5-11)14-8-9-15-12/h1,13H,3-10H2. The molecule has 1 spiro atoms. The lowest BCUT2D eigenvalue weighted by molar-refractivity contribution is -0.194. The third-order valence-electron chi connectivity index (χ3n) is 3.70. The van der Waals surface area contributed by atoms with Gasteiger partial charge in [-0.2, -0.15) is 0 Å². The maximum Gasteiger partial charge on any atom is 0.168 e. The van der Waals surface area contributed by atoms with Crippen LogP contribution in [0.1, 0.15) is 32.1 Å². The van der Waals surface area contributed by atoms with E-state index in [1.165, 1.54) is 0 Å². The Morgan fingerprint density at radius 3 is 2.20 bits per heavy atom. The lowest BCUT2D eigenvalue weighted by Crippen LogP contribution is -2.41. The van der Waals surface area contributed by atoms with E-state index in [4.69, 9.17) is 15.9 Å². The Morgan fingerprint density at radius 1 is 1.13 bits per heavy atom. The molecule has 1 aliphatic carbocycles. The van der Waals surface area contributed by atoms with Crippen molar-refractivity contribution in [2.45, 2.75) is 37.9 Å². The molecule has 0 radical (unpaired) electrons. The van der Waals surface area contributed by atoms with Crippen molar-refractivity contribution < 1.29 is 14.6 Å². The van der Waals surface area contributed by atoms with E-state index in [9.17, 15) is 5.11 Å². The van der Waals surface area contributed by atoms with Crippen molar-refractivity contribution in [2.24, 2.45) is 5.41 Å². The summed E-state index contributed by atoms with van der Waals surface area (Å²) in [5.41, 5.74) is -0.0880. The molecule has 1 saturated carbocycles. The molecule has 0 bridgehead atoms. The van der Waals surface area contributed by atoms with Gasteiger partial charge in [-0.15, -0.1) is 12.3 Å². The number of rotatable bonds is 2. The van der Waals surface area contributed by atoms with E-state index in [-0.39, 0.29) is 17.8 Å². The molecule has 84 valence electrons. The van der Waals surface area contributed by atoms with Gasteiger partial charge in [0.05, 0.1) is 13.2 Å². The van der Waals surface area contributed by atoms with E-state index in [1.54, 1.807) is 0 Å². The maximum atomic E-state index is 9.43. The maximum absolute atomic E-state index is 9.43. The van der Waals surface area contributed by atoms with Crippen LogP contribution in [0.3, 0.4) is 0 Å². The first-order valence-corrected chi connectivity index (χ1v) is 5.57. The highest BCUT2D eigenvalue weighted by molar-refractivity contribution is 4.99. The molecule has 1 N–H and O–H groups in total. The van der Waals surface area contributed by atoms with Crippen LogP contribution in [-0.4, -0.2) is 30.7 Å². The Kier molecular flexibility index (Phi) is 3.01. The Balaban J connectivity index is 1.98. The Labute approximate surface area is 90.8 Å². The summed E-state index contributed by atoms with van der Waals surface area (Å²) in [7, 11) is 0. The molecule has 2 rings (SSSR count). The second-order valence-electron chi connectivity index (χ2n) is 4.65. The first kappa shape index (κ1) is 10.9. The van der Waals surface area contributed by atoms with Crippen LogP contribution < -0.4 is 0 Å². The van der Waals surface area contributed by atoms with E-state index in [0.29, 0.717) is 19.6 Å². The topological polar surface area (TPSA) is 38.7 Å². The molecule has 0 aromatic heterocycles. The summed E-state index contributed by atoms with van der Waals surface area (Å²) >= 11 is 0. The highest BCUT2D eigenvalue weighted by Gasteiger charge is 2.45. The molecule has 3 nitrogen and oxygen atoms in total. The number of aliphatic hydroxyl groups is 1. The average Bonchev–Trinajstić information content (AvgIpc) is 2.72. The Hall–Kier alpha value is -0.560. The molecule has 0 aromatic carbocycles. The van der Waals surface area contributed by atoms with Gasteiger partial charge in [0.25, 0.3) is 0 Å². The molecule has 15 heavy (non-hydrogen) atoms. The van der Waals surface area contributed by atoms with E-state index in [2.05, 4.69) is 5.92 Å². The van der Waals surface area contributed by atoms with Crippen LogP contribution in [0.4, 0.5) is 0 Å². The van der Waals surface area contributed by atoms with Crippen molar-refractivity contribution in [3.8, 4) is 12.3 Å². The predicted molar refractivity (Wildman–Crippen MR) is 56.1 cm³/mol. The highest BCUT2D eigenvalue weighted by Crippen LogP contribution is 2.46. The zero-order chi connectivity index (χ0) is 10.8. The van der Waals surface area contributed by atoms with Crippen LogP contribution in [0.15, 0.2) is 0 Å². The number of terminal acetylenes is 1. The van der Waals surface area contributed by atoms with Crippen molar-refractivity contribution in [1.82, 2.24) is 0 Å². The van der Waals surface area contributed by atoms with Crippen LogP contribution in [0, 0.1) is 17.8 Å². The molecule has 0 atom stereocenters. The Bertz CT molecular complexity index is 251. The fourth-order valence-corrected chi connectivity index (χ4v) is 2.55. The Morgan fingerprint density at radius 2 is 1.73 bits per heavy atom. The van der Waals surface area contributed by atoms with Gasteiger partial charge in [-0.3, -0.25) is 0 Å². The van der Waals surface area contributed by atoms with Crippen molar-refractivity contribution in [3.63, 3.8) is 0 Å². The highest BCUT2D eigenvalue weighted by atomic mass is 16.7. The zero-order valence-electron chi connectivity index (χ0n) is 9.00. The fourth-order valence-electron chi connectivity index (χ4n) is 2.55. The first-order chi connectivity index (χ1) is 7.24. The molecule has 0 aromatic rings. The number of aliphatic hydroxyl groups excluding tert-OH is 1. The second kappa shape index (κ2) is 4.13. The quantitative estimate of drug-likeness (QED) is 0.698.